The molecule has 6 N–H and O–H groups in total. The van der Waals surface area contributed by atoms with Crippen LogP contribution in [-0.4, -0.2) is 178 Å². The number of carbonyl (C=O) groups excluding carboxylic acids is 1. The molecule has 17 unspecified atom stereocenters. The van der Waals surface area contributed by atoms with Gasteiger partial charge in [0.15, 0.2) is 30.4 Å². The number of carbonyl (C=O) groups is 1. The maximum atomic E-state index is 14.1. The smallest absolute Gasteiger partial charge is 0.229 e. The number of aliphatic hydroxyl groups excluding tert-OH is 4. The Balaban J connectivity index is 1.23. The second-order valence-electron chi connectivity index (χ2n) is 15.2. The van der Waals surface area contributed by atoms with E-state index >= 15 is 0 Å². The minimum Gasteiger partial charge on any atom is -0.492 e. The first-order chi connectivity index (χ1) is 28.1. The van der Waals surface area contributed by atoms with Crippen LogP contribution >= 0.6 is 11.8 Å². The molecule has 4 aliphatic heterocycles. The van der Waals surface area contributed by atoms with Crippen molar-refractivity contribution in [3.63, 3.8) is 0 Å². The lowest BCUT2D eigenvalue weighted by atomic mass is 9.97. The highest BCUT2D eigenvalue weighted by Gasteiger charge is 2.49. The van der Waals surface area contributed by atoms with Crippen LogP contribution in [0.2, 0.25) is 0 Å². The fourth-order valence-corrected chi connectivity index (χ4v) is 9.15. The highest BCUT2D eigenvalue weighted by molar-refractivity contribution is 8.14. The van der Waals surface area contributed by atoms with E-state index in [0.29, 0.717) is 24.2 Å². The van der Waals surface area contributed by atoms with Crippen molar-refractivity contribution in [1.29, 1.82) is 0 Å². The fraction of sp³-hybridized carbons (Fsp3) is 0.821. The average molecular weight is 865 g/mol. The van der Waals surface area contributed by atoms with Crippen LogP contribution in [0.15, 0.2) is 0 Å². The molecule has 20 heteroatoms. The number of methoxy groups -OCH3 is 5. The van der Waals surface area contributed by atoms with E-state index in [0.717, 1.165) is 18.3 Å². The van der Waals surface area contributed by atoms with E-state index in [1.807, 2.05) is 6.92 Å². The maximum absolute atomic E-state index is 14.1. The van der Waals surface area contributed by atoms with E-state index in [4.69, 9.17) is 56.9 Å². The molecule has 0 amide bonds. The number of benzene rings is 1. The van der Waals surface area contributed by atoms with Crippen LogP contribution in [0.1, 0.15) is 62.0 Å². The Bertz CT molecular complexity index is 1520. The van der Waals surface area contributed by atoms with Crippen LogP contribution in [-0.2, 0) is 42.7 Å². The monoisotopic (exact) mass is 864 g/mol. The lowest BCUT2D eigenvalue weighted by Crippen LogP contribution is -2.64. The van der Waals surface area contributed by atoms with Crippen LogP contribution < -0.4 is 25.0 Å². The molecular formula is C39H64N2O17S. The quantitative estimate of drug-likeness (QED) is 0.126. The van der Waals surface area contributed by atoms with E-state index in [1.54, 1.807) is 41.7 Å². The van der Waals surface area contributed by atoms with Gasteiger partial charge in [-0.05, 0) is 52.3 Å². The molecule has 338 valence electrons. The molecular weight excluding hydrogens is 800 g/mol. The van der Waals surface area contributed by atoms with Crippen LogP contribution in [0, 0.1) is 13.8 Å². The third kappa shape index (κ3) is 10.5. The van der Waals surface area contributed by atoms with Crippen molar-refractivity contribution in [2.45, 2.75) is 158 Å². The number of likely N-dealkylation sites (N-methyl/N-ethyl adjacent to an activating group) is 1. The summed E-state index contributed by atoms with van der Waals surface area (Å²) in [5.74, 6) is 0.346. The fourth-order valence-electron chi connectivity index (χ4n) is 8.02. The van der Waals surface area contributed by atoms with Gasteiger partial charge in [-0.3, -0.25) is 9.63 Å². The number of nitrogens with one attached hydrogen (secondary N) is 2. The van der Waals surface area contributed by atoms with Gasteiger partial charge in [0.1, 0.15) is 30.5 Å². The predicted molar refractivity (Wildman–Crippen MR) is 210 cm³/mol. The molecule has 4 aliphatic rings. The predicted octanol–water partition coefficient (Wildman–Crippen LogP) is 0.685. The average Bonchev–Trinajstić information content (AvgIpc) is 3.21. The summed E-state index contributed by atoms with van der Waals surface area (Å²) in [7, 11) is 7.25. The summed E-state index contributed by atoms with van der Waals surface area (Å²) in [6, 6.07) is -0.794. The number of hydroxylamine groups is 1. The topological polar surface area (TPSA) is 233 Å². The van der Waals surface area contributed by atoms with Gasteiger partial charge in [-0.2, -0.15) is 5.48 Å². The van der Waals surface area contributed by atoms with Gasteiger partial charge in [0.2, 0.25) is 17.2 Å². The first-order valence-electron chi connectivity index (χ1n) is 20.0. The molecule has 17 atom stereocenters. The van der Waals surface area contributed by atoms with Crippen molar-refractivity contribution in [2.24, 2.45) is 0 Å². The van der Waals surface area contributed by atoms with Gasteiger partial charge in [-0.25, -0.2) is 0 Å². The van der Waals surface area contributed by atoms with Crippen molar-refractivity contribution in [2.75, 3.05) is 48.7 Å². The van der Waals surface area contributed by atoms with E-state index in [2.05, 4.69) is 10.8 Å². The van der Waals surface area contributed by atoms with Gasteiger partial charge in [-0.15, -0.1) is 0 Å². The molecule has 0 spiro atoms. The molecule has 4 fully saturated rings. The van der Waals surface area contributed by atoms with Crippen molar-refractivity contribution in [3.05, 3.63) is 16.7 Å². The van der Waals surface area contributed by atoms with Crippen molar-refractivity contribution in [3.8, 4) is 17.2 Å². The van der Waals surface area contributed by atoms with Crippen molar-refractivity contribution >= 4 is 16.9 Å². The summed E-state index contributed by atoms with van der Waals surface area (Å²) in [6.45, 7) is 11.7. The van der Waals surface area contributed by atoms with Crippen LogP contribution in [0.3, 0.4) is 0 Å². The minimum atomic E-state index is -1.35. The lowest BCUT2D eigenvalue weighted by Gasteiger charge is -2.45. The van der Waals surface area contributed by atoms with Crippen LogP contribution in [0.25, 0.3) is 0 Å². The van der Waals surface area contributed by atoms with E-state index in [-0.39, 0.29) is 41.4 Å². The zero-order valence-electron chi connectivity index (χ0n) is 35.6. The van der Waals surface area contributed by atoms with Gasteiger partial charge in [0.25, 0.3) is 0 Å². The largest absolute Gasteiger partial charge is 0.492 e. The summed E-state index contributed by atoms with van der Waals surface area (Å²) in [5.41, 5.74) is 4.09. The summed E-state index contributed by atoms with van der Waals surface area (Å²) >= 11 is 0.890. The van der Waals surface area contributed by atoms with Gasteiger partial charge in [0.05, 0.1) is 74.2 Å². The highest BCUT2D eigenvalue weighted by atomic mass is 32.2. The number of thioether (sulfide) groups is 1. The first-order valence-corrected chi connectivity index (χ1v) is 20.8. The number of rotatable bonds is 16. The van der Waals surface area contributed by atoms with E-state index < -0.39 is 96.5 Å². The normalized spacial score (nSPS) is 39.1. The molecule has 19 nitrogen and oxygen atoms in total. The Morgan fingerprint density at radius 2 is 1.46 bits per heavy atom. The zero-order chi connectivity index (χ0) is 43.3. The number of hydrogen-bond acceptors (Lipinski definition) is 20. The SMILES string of the molecule is CCNC1COC(OC2C(OC)OC(C)C(NOC3CC(O)C(SC(=O)c4c(C)c(C)c(OC5OC(C)C(O)C(OC)C5O)c(OC)c4OC)C(C)O3)C2O)CC1OC. The maximum Gasteiger partial charge on any atom is 0.229 e. The third-order valence-corrected chi connectivity index (χ3v) is 12.9. The highest BCUT2D eigenvalue weighted by Crippen LogP contribution is 2.48. The standard InChI is InChI=1S/C39H64N2O17S/c1-12-40-21-15-52-24(14-23(21)47-7)56-34-29(44)27(18(4)54-39(34)51-11)41-58-25-13-22(42)36(20(6)53-25)59-37(46)26-16(2)17(3)31(35(50-10)32(26)48-8)57-38-30(45)33(49-9)28(43)19(5)55-38/h18-25,27-30,33-34,36,38-45H,12-15H2,1-11H3. The Morgan fingerprint density at radius 3 is 2.07 bits per heavy atom. The Kier molecular flexibility index (Phi) is 17.4. The lowest BCUT2D eigenvalue weighted by molar-refractivity contribution is -0.330. The summed E-state index contributed by atoms with van der Waals surface area (Å²) in [4.78, 5) is 20.0. The van der Waals surface area contributed by atoms with Gasteiger partial charge in [-0.1, -0.05) is 18.7 Å². The van der Waals surface area contributed by atoms with Crippen molar-refractivity contribution < 1.29 is 82.2 Å². The molecule has 5 rings (SSSR count). The molecule has 0 saturated carbocycles. The van der Waals surface area contributed by atoms with Crippen LogP contribution in [0.4, 0.5) is 0 Å². The van der Waals surface area contributed by atoms with Crippen molar-refractivity contribution in [1.82, 2.24) is 10.8 Å². The molecule has 0 aromatic heterocycles. The third-order valence-electron chi connectivity index (χ3n) is 11.5. The Labute approximate surface area is 349 Å². The molecule has 4 heterocycles. The summed E-state index contributed by atoms with van der Waals surface area (Å²) < 4.78 is 64.3. The zero-order valence-corrected chi connectivity index (χ0v) is 36.5. The number of hydrogen-bond donors (Lipinski definition) is 6. The molecule has 1 aromatic rings. The second kappa shape index (κ2) is 21.4. The molecule has 1 aromatic carbocycles. The second-order valence-corrected chi connectivity index (χ2v) is 16.4. The molecule has 0 aliphatic carbocycles. The van der Waals surface area contributed by atoms with Crippen LogP contribution in [0.5, 0.6) is 17.2 Å². The van der Waals surface area contributed by atoms with E-state index in [1.165, 1.54) is 28.4 Å². The number of ether oxygens (including phenoxy) is 11. The minimum absolute atomic E-state index is 0.000192. The number of aliphatic hydroxyl groups is 4. The molecule has 4 saturated heterocycles. The summed E-state index contributed by atoms with van der Waals surface area (Å²) in [5, 5.41) is 46.5. The first kappa shape index (κ1) is 48.1. The Hall–Kier alpha value is -1.96. The molecule has 0 radical (unpaired) electrons. The summed E-state index contributed by atoms with van der Waals surface area (Å²) in [6.07, 6.45) is -12.1. The Morgan fingerprint density at radius 1 is 0.763 bits per heavy atom. The molecule has 59 heavy (non-hydrogen) atoms. The van der Waals surface area contributed by atoms with Gasteiger partial charge in [0, 0.05) is 34.2 Å². The van der Waals surface area contributed by atoms with E-state index in [9.17, 15) is 25.2 Å². The van der Waals surface area contributed by atoms with Gasteiger partial charge >= 0.3 is 0 Å². The molecule has 0 bridgehead atoms. The van der Waals surface area contributed by atoms with Gasteiger partial charge < -0.3 is 77.8 Å².